The Morgan fingerprint density at radius 1 is 0.571 bits per heavy atom. The summed E-state index contributed by atoms with van der Waals surface area (Å²) in [5.41, 5.74) is 12.9. The van der Waals surface area contributed by atoms with Crippen molar-refractivity contribution in [2.45, 2.75) is 5.92 Å². The fourth-order valence-electron chi connectivity index (χ4n) is 2.64. The molecular weight excluding hydrogens is 452 g/mol. The molecule has 3 aromatic rings. The largest absolute Gasteiger partial charge is 0.351 e. The van der Waals surface area contributed by atoms with Gasteiger partial charge >= 0.3 is 12.1 Å². The average Bonchev–Trinajstić information content (AvgIpc) is 2.83. The van der Waals surface area contributed by atoms with E-state index in [4.69, 9.17) is 30.6 Å². The molecule has 0 aliphatic heterocycles. The first-order valence-electron chi connectivity index (χ1n) is 9.45. The second kappa shape index (κ2) is 21.8. The molecule has 3 aromatic carbocycles. The van der Waals surface area contributed by atoms with E-state index in [1.165, 1.54) is 16.7 Å². The first-order valence-corrected chi connectivity index (χ1v) is 9.45. The lowest BCUT2D eigenvalue weighted by molar-refractivity contribution is 0.236. The molecule has 0 fully saturated rings. The van der Waals surface area contributed by atoms with Gasteiger partial charge in [-0.3, -0.25) is 5.32 Å². The number of urea groups is 2. The molecule has 0 unspecified atom stereocenters. The van der Waals surface area contributed by atoms with Gasteiger partial charge in [0.25, 0.3) is 0 Å². The summed E-state index contributed by atoms with van der Waals surface area (Å²) in [7, 11) is 0. The second-order valence-corrected chi connectivity index (χ2v) is 5.82. The van der Waals surface area contributed by atoms with E-state index in [1.807, 2.05) is 0 Å². The molecule has 0 atom stereocenters. The third kappa shape index (κ3) is 16.9. The van der Waals surface area contributed by atoms with Crippen molar-refractivity contribution in [3.05, 3.63) is 108 Å². The molecule has 0 saturated carbocycles. The van der Waals surface area contributed by atoms with Crippen LogP contribution in [-0.2, 0) is 14.4 Å². The minimum atomic E-state index is -0.938. The summed E-state index contributed by atoms with van der Waals surface area (Å²) < 4.78 is 0. The molecule has 0 heterocycles. The lowest BCUT2D eigenvalue weighted by Crippen LogP contribution is -2.38. The Hall–Kier alpha value is -5.46. The van der Waals surface area contributed by atoms with Crippen molar-refractivity contribution < 1.29 is 24.0 Å². The van der Waals surface area contributed by atoms with Crippen molar-refractivity contribution in [2.24, 2.45) is 11.5 Å². The van der Waals surface area contributed by atoms with Gasteiger partial charge in [-0.15, -0.1) is 0 Å². The molecule has 0 spiro atoms. The van der Waals surface area contributed by atoms with Crippen molar-refractivity contribution in [1.29, 1.82) is 16.2 Å². The molecule has 0 aliphatic rings. The van der Waals surface area contributed by atoms with E-state index >= 15 is 0 Å². The zero-order chi connectivity index (χ0) is 26.9. The highest BCUT2D eigenvalue weighted by Crippen LogP contribution is 2.31. The summed E-state index contributed by atoms with van der Waals surface area (Å²) in [6, 6.07) is 30.1. The van der Waals surface area contributed by atoms with Crippen molar-refractivity contribution >= 4 is 30.3 Å². The maximum Gasteiger partial charge on any atom is 0.320 e. The van der Waals surface area contributed by atoms with Gasteiger partial charge in [0.1, 0.15) is 0 Å². The number of carbonyl (C=O) groups is 2. The molecule has 0 aliphatic carbocycles. The molecule has 0 radical (unpaired) electrons. The number of amides is 4. The minimum absolute atomic E-state index is 0.309. The topological polar surface area (TPSA) is 221 Å². The van der Waals surface area contributed by atoms with Crippen molar-refractivity contribution in [3.8, 4) is 0 Å². The molecule has 4 amide bonds. The Bertz CT molecular complexity index is 957. The first kappa shape index (κ1) is 31.7. The number of nitrogens with two attached hydrogens (primary N) is 2. The van der Waals surface area contributed by atoms with Gasteiger partial charge in [0, 0.05) is 5.92 Å². The SMILES string of the molecule is N=C=O.N=C=O.N=C=O.NC(=O)NC(N)=O.c1ccc(C(c2ccccc2)c2ccccc2)cc1. The molecule has 11 nitrogen and oxygen atoms in total. The van der Waals surface area contributed by atoms with E-state index in [0.29, 0.717) is 5.92 Å². The van der Waals surface area contributed by atoms with Crippen LogP contribution in [0.4, 0.5) is 9.59 Å². The Morgan fingerprint density at radius 2 is 0.771 bits per heavy atom. The van der Waals surface area contributed by atoms with Crippen LogP contribution in [0.25, 0.3) is 0 Å². The predicted octanol–water partition coefficient (Wildman–Crippen LogP) is 3.30. The zero-order valence-corrected chi connectivity index (χ0v) is 18.4. The van der Waals surface area contributed by atoms with Gasteiger partial charge < -0.3 is 11.5 Å². The Labute approximate surface area is 201 Å². The molecule has 35 heavy (non-hydrogen) atoms. The van der Waals surface area contributed by atoms with Crippen LogP contribution < -0.4 is 16.8 Å². The summed E-state index contributed by atoms with van der Waals surface area (Å²) in [4.78, 5) is 44.3. The van der Waals surface area contributed by atoms with Crippen molar-refractivity contribution in [1.82, 2.24) is 5.32 Å². The lowest BCUT2D eigenvalue weighted by atomic mass is 9.85. The van der Waals surface area contributed by atoms with E-state index in [2.05, 4.69) is 102 Å². The van der Waals surface area contributed by atoms with Crippen LogP contribution in [0.1, 0.15) is 22.6 Å². The van der Waals surface area contributed by atoms with Gasteiger partial charge in [0.2, 0.25) is 18.2 Å². The number of hydrogen-bond donors (Lipinski definition) is 6. The highest BCUT2D eigenvalue weighted by atomic mass is 16.2. The number of hydrogen-bond acceptors (Lipinski definition) is 8. The normalized spacial score (nSPS) is 7.91. The van der Waals surface area contributed by atoms with E-state index in [0.717, 1.165) is 18.2 Å². The van der Waals surface area contributed by atoms with E-state index in [1.54, 1.807) is 5.32 Å². The summed E-state index contributed by atoms with van der Waals surface area (Å²) in [5, 5.41) is 17.8. The van der Waals surface area contributed by atoms with Gasteiger partial charge in [0.05, 0.1) is 0 Å². The molecule has 3 rings (SSSR count). The van der Waals surface area contributed by atoms with Crippen molar-refractivity contribution in [2.75, 3.05) is 0 Å². The lowest BCUT2D eigenvalue weighted by Gasteiger charge is -2.18. The van der Waals surface area contributed by atoms with Crippen LogP contribution in [0.15, 0.2) is 91.0 Å². The molecule has 11 heteroatoms. The van der Waals surface area contributed by atoms with Gasteiger partial charge in [-0.05, 0) is 16.7 Å². The monoisotopic (exact) mass is 476 g/mol. The zero-order valence-electron chi connectivity index (χ0n) is 18.4. The number of benzene rings is 3. The number of carbonyl (C=O) groups excluding carboxylic acids is 5. The van der Waals surface area contributed by atoms with E-state index < -0.39 is 12.1 Å². The Balaban J connectivity index is 0. The summed E-state index contributed by atoms with van der Waals surface area (Å²) in [6.45, 7) is 0. The molecule has 180 valence electrons. The summed E-state index contributed by atoms with van der Waals surface area (Å²) in [5.74, 6) is 0.309. The first-order chi connectivity index (χ1) is 16.8. The second-order valence-electron chi connectivity index (χ2n) is 5.82. The van der Waals surface area contributed by atoms with Crippen molar-refractivity contribution in [3.63, 3.8) is 0 Å². The van der Waals surface area contributed by atoms with E-state index in [9.17, 15) is 9.59 Å². The van der Waals surface area contributed by atoms with Crippen LogP contribution in [0.3, 0.4) is 0 Å². The highest BCUT2D eigenvalue weighted by Gasteiger charge is 2.15. The van der Waals surface area contributed by atoms with Crippen LogP contribution in [0, 0.1) is 16.2 Å². The van der Waals surface area contributed by atoms with Gasteiger partial charge in [-0.1, -0.05) is 91.0 Å². The number of isocyanates is 3. The average molecular weight is 476 g/mol. The third-order valence-electron chi connectivity index (χ3n) is 3.65. The number of nitrogens with one attached hydrogen (secondary N) is 4. The van der Waals surface area contributed by atoms with Crippen LogP contribution in [0.2, 0.25) is 0 Å². The van der Waals surface area contributed by atoms with Crippen LogP contribution >= 0.6 is 0 Å². The Kier molecular flexibility index (Phi) is 19.7. The molecular formula is C24H24N6O5. The molecule has 0 saturated heterocycles. The quantitative estimate of drug-likeness (QED) is 0.190. The number of rotatable bonds is 3. The fourth-order valence-corrected chi connectivity index (χ4v) is 2.64. The number of imide groups is 1. The standard InChI is InChI=1S/C19H16.C2H5N3O2.3CHNO/c1-4-10-16(11-5-1)19(17-12-6-2-7-13-17)18-14-8-3-9-15-18;3-1(6)5-2(4)7;3*2-1-3/h1-15,19H;(H5,3,4,5,6,7);3*2H. The molecule has 8 N–H and O–H groups in total. The number of primary amides is 2. The maximum absolute atomic E-state index is 9.62. The van der Waals surface area contributed by atoms with E-state index in [-0.39, 0.29) is 0 Å². The van der Waals surface area contributed by atoms with Gasteiger partial charge in [-0.25, -0.2) is 40.2 Å². The van der Waals surface area contributed by atoms with Crippen LogP contribution in [0.5, 0.6) is 0 Å². The smallest absolute Gasteiger partial charge is 0.320 e. The van der Waals surface area contributed by atoms with Gasteiger partial charge in [0.15, 0.2) is 0 Å². The Morgan fingerprint density at radius 3 is 0.914 bits per heavy atom. The third-order valence-corrected chi connectivity index (χ3v) is 3.65. The predicted molar refractivity (Wildman–Crippen MR) is 128 cm³/mol. The minimum Gasteiger partial charge on any atom is -0.351 e. The fraction of sp³-hybridized carbons (Fsp3) is 0.0417. The van der Waals surface area contributed by atoms with Gasteiger partial charge in [-0.2, -0.15) is 0 Å². The maximum atomic E-state index is 9.62. The summed E-state index contributed by atoms with van der Waals surface area (Å²) in [6.07, 6.45) is 2.25. The van der Waals surface area contributed by atoms with Crippen LogP contribution in [-0.4, -0.2) is 30.3 Å². The highest BCUT2D eigenvalue weighted by molar-refractivity contribution is 5.91. The summed E-state index contributed by atoms with van der Waals surface area (Å²) >= 11 is 0. The molecule has 0 aromatic heterocycles. The molecule has 0 bridgehead atoms.